The van der Waals surface area contributed by atoms with Crippen LogP contribution in [0.5, 0.6) is 5.88 Å². The first kappa shape index (κ1) is 11.5. The van der Waals surface area contributed by atoms with Gasteiger partial charge in [0, 0.05) is 12.4 Å². The number of pyridine rings is 1. The van der Waals surface area contributed by atoms with Crippen LogP contribution >= 0.6 is 0 Å². The number of nitrogens with zero attached hydrogens (tertiary/aromatic N) is 3. The van der Waals surface area contributed by atoms with Crippen molar-refractivity contribution in [2.24, 2.45) is 0 Å². The van der Waals surface area contributed by atoms with Gasteiger partial charge in [0.25, 0.3) is 5.56 Å². The van der Waals surface area contributed by atoms with Crippen molar-refractivity contribution in [3.8, 4) is 17.4 Å². The van der Waals surface area contributed by atoms with E-state index in [0.717, 1.165) is 5.65 Å². The molecule has 0 amide bonds. The molecule has 3 heterocycles. The molecule has 0 aliphatic heterocycles. The van der Waals surface area contributed by atoms with Crippen molar-refractivity contribution in [3.63, 3.8) is 0 Å². The number of nitrogens with one attached hydrogen (secondary N) is 1. The fourth-order valence-corrected chi connectivity index (χ4v) is 1.97. The SMILES string of the molecule is CCc1c(O)nc(-c2cn3ccccc3n2)[nH]c1=O. The molecule has 6 heteroatoms. The number of imidazole rings is 1. The lowest BCUT2D eigenvalue weighted by atomic mass is 10.2. The quantitative estimate of drug-likeness (QED) is 0.725. The number of aromatic hydroxyl groups is 1. The van der Waals surface area contributed by atoms with Crippen molar-refractivity contribution in [1.29, 1.82) is 0 Å². The Labute approximate surface area is 108 Å². The Morgan fingerprint density at radius 1 is 1.37 bits per heavy atom. The minimum Gasteiger partial charge on any atom is -0.493 e. The van der Waals surface area contributed by atoms with E-state index in [2.05, 4.69) is 15.0 Å². The van der Waals surface area contributed by atoms with Crippen molar-refractivity contribution in [2.75, 3.05) is 0 Å². The van der Waals surface area contributed by atoms with Crippen molar-refractivity contribution in [2.45, 2.75) is 13.3 Å². The third kappa shape index (κ3) is 1.87. The fourth-order valence-electron chi connectivity index (χ4n) is 1.97. The van der Waals surface area contributed by atoms with Crippen LogP contribution in [0.1, 0.15) is 12.5 Å². The highest BCUT2D eigenvalue weighted by molar-refractivity contribution is 5.56. The molecule has 19 heavy (non-hydrogen) atoms. The van der Waals surface area contributed by atoms with Crippen LogP contribution in [0.15, 0.2) is 35.4 Å². The molecule has 3 aromatic rings. The van der Waals surface area contributed by atoms with Gasteiger partial charge in [-0.3, -0.25) is 4.79 Å². The Morgan fingerprint density at radius 2 is 2.21 bits per heavy atom. The highest BCUT2D eigenvalue weighted by Crippen LogP contribution is 2.17. The van der Waals surface area contributed by atoms with Crippen LogP contribution in [0.4, 0.5) is 0 Å². The van der Waals surface area contributed by atoms with E-state index in [4.69, 9.17) is 0 Å². The molecule has 3 aromatic heterocycles. The molecule has 0 aromatic carbocycles. The monoisotopic (exact) mass is 256 g/mol. The van der Waals surface area contributed by atoms with Crippen molar-refractivity contribution < 1.29 is 5.11 Å². The van der Waals surface area contributed by atoms with Crippen molar-refractivity contribution >= 4 is 5.65 Å². The second-order valence-corrected chi connectivity index (χ2v) is 4.16. The Balaban J connectivity index is 2.19. The standard InChI is InChI=1S/C13H12N4O2/c1-2-8-12(18)15-11(16-13(8)19)9-7-17-6-4-3-5-10(17)14-9/h3-7H,2H2,1H3,(H2,15,16,18,19). The lowest BCUT2D eigenvalue weighted by Crippen LogP contribution is -2.14. The molecule has 0 saturated carbocycles. The number of rotatable bonds is 2. The number of hydrogen-bond donors (Lipinski definition) is 2. The predicted octanol–water partition coefficient (Wildman–Crippen LogP) is 1.35. The average Bonchev–Trinajstić information content (AvgIpc) is 2.82. The van der Waals surface area contributed by atoms with Crippen LogP contribution < -0.4 is 5.56 Å². The van der Waals surface area contributed by atoms with E-state index in [1.54, 1.807) is 13.1 Å². The maximum atomic E-state index is 11.8. The van der Waals surface area contributed by atoms with Gasteiger partial charge in [-0.15, -0.1) is 0 Å². The van der Waals surface area contributed by atoms with Crippen LogP contribution in [0.2, 0.25) is 0 Å². The van der Waals surface area contributed by atoms with Gasteiger partial charge >= 0.3 is 0 Å². The maximum Gasteiger partial charge on any atom is 0.258 e. The lowest BCUT2D eigenvalue weighted by molar-refractivity contribution is 0.444. The van der Waals surface area contributed by atoms with Gasteiger partial charge in [-0.25, -0.2) is 4.98 Å². The molecular formula is C13H12N4O2. The highest BCUT2D eigenvalue weighted by atomic mass is 16.3. The average molecular weight is 256 g/mol. The first-order chi connectivity index (χ1) is 9.19. The second kappa shape index (κ2) is 4.24. The molecule has 2 N–H and O–H groups in total. The molecule has 0 saturated heterocycles. The molecule has 96 valence electrons. The zero-order chi connectivity index (χ0) is 13.4. The molecule has 0 unspecified atom stereocenters. The Hall–Kier alpha value is -2.63. The summed E-state index contributed by atoms with van der Waals surface area (Å²) in [4.78, 5) is 22.8. The third-order valence-electron chi connectivity index (χ3n) is 2.95. The van der Waals surface area contributed by atoms with Gasteiger partial charge in [-0.1, -0.05) is 13.0 Å². The Kier molecular flexibility index (Phi) is 2.56. The Bertz CT molecular complexity index is 771. The molecule has 0 bridgehead atoms. The zero-order valence-electron chi connectivity index (χ0n) is 10.3. The highest BCUT2D eigenvalue weighted by Gasteiger charge is 2.12. The summed E-state index contributed by atoms with van der Waals surface area (Å²) in [6.07, 6.45) is 4.03. The molecule has 0 aliphatic rings. The van der Waals surface area contributed by atoms with E-state index in [-0.39, 0.29) is 22.8 Å². The van der Waals surface area contributed by atoms with Crippen LogP contribution in [-0.4, -0.2) is 24.5 Å². The number of aromatic nitrogens is 4. The van der Waals surface area contributed by atoms with Gasteiger partial charge in [-0.2, -0.15) is 4.98 Å². The molecule has 0 spiro atoms. The van der Waals surface area contributed by atoms with Gasteiger partial charge in [0.2, 0.25) is 5.88 Å². The van der Waals surface area contributed by atoms with Crippen LogP contribution in [-0.2, 0) is 6.42 Å². The van der Waals surface area contributed by atoms with E-state index in [0.29, 0.717) is 12.1 Å². The first-order valence-corrected chi connectivity index (χ1v) is 5.95. The lowest BCUT2D eigenvalue weighted by Gasteiger charge is -2.01. The van der Waals surface area contributed by atoms with Gasteiger partial charge in [0.1, 0.15) is 11.3 Å². The number of hydrogen-bond acceptors (Lipinski definition) is 4. The fraction of sp³-hybridized carbons (Fsp3) is 0.154. The molecule has 0 fully saturated rings. The number of H-pyrrole nitrogens is 1. The van der Waals surface area contributed by atoms with Crippen LogP contribution in [0.25, 0.3) is 17.2 Å². The molecule has 0 radical (unpaired) electrons. The number of aromatic amines is 1. The molecule has 6 nitrogen and oxygen atoms in total. The third-order valence-corrected chi connectivity index (χ3v) is 2.95. The van der Waals surface area contributed by atoms with E-state index >= 15 is 0 Å². The van der Waals surface area contributed by atoms with E-state index in [1.807, 2.05) is 28.8 Å². The largest absolute Gasteiger partial charge is 0.493 e. The maximum absolute atomic E-state index is 11.8. The summed E-state index contributed by atoms with van der Waals surface area (Å²) in [6, 6.07) is 5.61. The molecular weight excluding hydrogens is 244 g/mol. The van der Waals surface area contributed by atoms with Gasteiger partial charge < -0.3 is 14.5 Å². The Morgan fingerprint density at radius 3 is 2.89 bits per heavy atom. The van der Waals surface area contributed by atoms with E-state index in [9.17, 15) is 9.90 Å². The van der Waals surface area contributed by atoms with Crippen molar-refractivity contribution in [3.05, 3.63) is 46.5 Å². The van der Waals surface area contributed by atoms with Crippen LogP contribution in [0, 0.1) is 0 Å². The summed E-state index contributed by atoms with van der Waals surface area (Å²) in [5.41, 5.74) is 1.22. The first-order valence-electron chi connectivity index (χ1n) is 5.95. The van der Waals surface area contributed by atoms with E-state index < -0.39 is 0 Å². The molecule has 0 atom stereocenters. The molecule has 0 aliphatic carbocycles. The van der Waals surface area contributed by atoms with Gasteiger partial charge in [0.15, 0.2) is 5.82 Å². The minimum absolute atomic E-state index is 0.238. The second-order valence-electron chi connectivity index (χ2n) is 4.16. The summed E-state index contributed by atoms with van der Waals surface area (Å²) in [6.45, 7) is 1.79. The molecule has 3 rings (SSSR count). The van der Waals surface area contributed by atoms with Crippen LogP contribution in [0.3, 0.4) is 0 Å². The van der Waals surface area contributed by atoms with Gasteiger partial charge in [0.05, 0.1) is 5.56 Å². The summed E-state index contributed by atoms with van der Waals surface area (Å²) < 4.78 is 1.82. The van der Waals surface area contributed by atoms with Gasteiger partial charge in [-0.05, 0) is 18.6 Å². The summed E-state index contributed by atoms with van der Waals surface area (Å²) in [5, 5.41) is 9.74. The van der Waals surface area contributed by atoms with Crippen molar-refractivity contribution in [1.82, 2.24) is 19.4 Å². The van der Waals surface area contributed by atoms with E-state index in [1.165, 1.54) is 0 Å². The smallest absolute Gasteiger partial charge is 0.258 e. The summed E-state index contributed by atoms with van der Waals surface area (Å²) >= 11 is 0. The summed E-state index contributed by atoms with van der Waals surface area (Å²) in [7, 11) is 0. The topological polar surface area (TPSA) is 83.3 Å². The number of fused-ring (bicyclic) bond motifs is 1. The predicted molar refractivity (Wildman–Crippen MR) is 70.1 cm³/mol. The normalized spacial score (nSPS) is 11.0. The minimum atomic E-state index is -0.331. The zero-order valence-corrected chi connectivity index (χ0v) is 10.3. The summed E-state index contributed by atoms with van der Waals surface area (Å²) in [5.74, 6) is 0.0294.